The number of carbonyl (C=O) groups is 1. The van der Waals surface area contributed by atoms with Crippen molar-refractivity contribution in [1.82, 2.24) is 14.9 Å². The van der Waals surface area contributed by atoms with Crippen LogP contribution in [0.4, 0.5) is 0 Å². The molecule has 1 aromatic rings. The van der Waals surface area contributed by atoms with Gasteiger partial charge >= 0.3 is 5.69 Å². The van der Waals surface area contributed by atoms with Gasteiger partial charge in [0.2, 0.25) is 5.91 Å². The fourth-order valence-electron chi connectivity index (χ4n) is 2.34. The maximum atomic E-state index is 12.1. The number of amides is 1. The minimum Gasteiger partial charge on any atom is -0.386 e. The van der Waals surface area contributed by atoms with E-state index in [9.17, 15) is 14.7 Å². The van der Waals surface area contributed by atoms with Crippen molar-refractivity contribution in [2.75, 3.05) is 13.1 Å². The van der Waals surface area contributed by atoms with Gasteiger partial charge in [-0.2, -0.15) is 4.98 Å². The van der Waals surface area contributed by atoms with Gasteiger partial charge < -0.3 is 15.0 Å². The van der Waals surface area contributed by atoms with E-state index in [1.807, 2.05) is 6.92 Å². The van der Waals surface area contributed by atoms with Crippen molar-refractivity contribution in [2.45, 2.75) is 39.2 Å². The second-order valence-electron chi connectivity index (χ2n) is 5.24. The molecule has 0 bridgehead atoms. The van der Waals surface area contributed by atoms with E-state index in [4.69, 9.17) is 0 Å². The third-order valence-corrected chi connectivity index (χ3v) is 3.76. The summed E-state index contributed by atoms with van der Waals surface area (Å²) in [6, 6.07) is 0. The lowest BCUT2D eigenvalue weighted by molar-refractivity contribution is -0.155. The molecule has 1 aliphatic heterocycles. The Morgan fingerprint density at radius 1 is 1.47 bits per heavy atom. The first-order valence-corrected chi connectivity index (χ1v) is 6.41. The second-order valence-corrected chi connectivity index (χ2v) is 5.24. The fraction of sp³-hybridized carbons (Fsp3) is 0.615. The number of hydrogen-bond donors (Lipinski definition) is 2. The van der Waals surface area contributed by atoms with Crippen molar-refractivity contribution in [3.63, 3.8) is 0 Å². The number of aliphatic hydroxyl groups is 1. The van der Waals surface area contributed by atoms with Crippen LogP contribution >= 0.6 is 0 Å². The normalized spacial score (nSPS) is 17.2. The lowest BCUT2D eigenvalue weighted by Gasteiger charge is -2.46. The first-order valence-electron chi connectivity index (χ1n) is 6.41. The molecule has 1 saturated heterocycles. The van der Waals surface area contributed by atoms with E-state index in [1.54, 1.807) is 18.7 Å². The highest BCUT2D eigenvalue weighted by atomic mass is 16.3. The molecule has 2 N–H and O–H groups in total. The number of rotatable bonds is 3. The maximum Gasteiger partial charge on any atom is 0.345 e. The molecule has 6 nitrogen and oxygen atoms in total. The summed E-state index contributed by atoms with van der Waals surface area (Å²) in [5.41, 5.74) is 0.910. The van der Waals surface area contributed by atoms with Crippen LogP contribution in [0, 0.1) is 13.8 Å². The van der Waals surface area contributed by atoms with E-state index in [1.165, 1.54) is 0 Å². The molecular weight excluding hydrogens is 246 g/mol. The van der Waals surface area contributed by atoms with Crippen molar-refractivity contribution in [1.29, 1.82) is 0 Å². The smallest absolute Gasteiger partial charge is 0.345 e. The Morgan fingerprint density at radius 3 is 2.63 bits per heavy atom. The number of H-pyrrole nitrogens is 1. The fourth-order valence-corrected chi connectivity index (χ4v) is 2.34. The van der Waals surface area contributed by atoms with Gasteiger partial charge in [0.05, 0.1) is 25.1 Å². The van der Waals surface area contributed by atoms with Gasteiger partial charge in [-0.3, -0.25) is 4.79 Å². The number of hydrogen-bond acceptors (Lipinski definition) is 4. The van der Waals surface area contributed by atoms with Crippen LogP contribution in [-0.2, 0) is 11.2 Å². The molecule has 0 saturated carbocycles. The molecule has 1 amide bonds. The van der Waals surface area contributed by atoms with Crippen LogP contribution < -0.4 is 5.69 Å². The van der Waals surface area contributed by atoms with Gasteiger partial charge in [-0.1, -0.05) is 6.92 Å². The third-order valence-electron chi connectivity index (χ3n) is 3.76. The zero-order valence-corrected chi connectivity index (χ0v) is 11.5. The summed E-state index contributed by atoms with van der Waals surface area (Å²) in [5, 5.41) is 9.90. The van der Waals surface area contributed by atoms with Crippen LogP contribution in [0.3, 0.4) is 0 Å². The number of carbonyl (C=O) groups excluding carboxylic acids is 1. The molecule has 0 atom stereocenters. The summed E-state index contributed by atoms with van der Waals surface area (Å²) in [7, 11) is 0. The van der Waals surface area contributed by atoms with Crippen LogP contribution in [0.1, 0.15) is 30.3 Å². The molecule has 0 aromatic carbocycles. The van der Waals surface area contributed by atoms with E-state index < -0.39 is 11.3 Å². The lowest BCUT2D eigenvalue weighted by Crippen LogP contribution is -2.63. The Morgan fingerprint density at radius 2 is 2.11 bits per heavy atom. The number of aryl methyl sites for hydroxylation is 2. The molecule has 0 unspecified atom stereocenters. The van der Waals surface area contributed by atoms with Crippen molar-refractivity contribution in [2.24, 2.45) is 0 Å². The van der Waals surface area contributed by atoms with Crippen molar-refractivity contribution < 1.29 is 9.90 Å². The summed E-state index contributed by atoms with van der Waals surface area (Å²) in [4.78, 5) is 31.3. The monoisotopic (exact) mass is 265 g/mol. The molecule has 0 radical (unpaired) electrons. The highest BCUT2D eigenvalue weighted by Gasteiger charge is 2.41. The SMILES string of the molecule is CCC1(O)CN(C(=O)Cc2c(C)nc(=O)[nH]c2C)C1. The van der Waals surface area contributed by atoms with Gasteiger partial charge in [0.25, 0.3) is 0 Å². The standard InChI is InChI=1S/C13H19N3O3/c1-4-13(19)6-16(7-13)11(17)5-10-8(2)14-12(18)15-9(10)3/h19H,4-7H2,1-3H3,(H,14,15,18). The predicted octanol–water partition coefficient (Wildman–Crippen LogP) is -0.0875. The van der Waals surface area contributed by atoms with Crippen molar-refractivity contribution in [3.05, 3.63) is 27.4 Å². The summed E-state index contributed by atoms with van der Waals surface area (Å²) in [6.45, 7) is 6.16. The van der Waals surface area contributed by atoms with Crippen LogP contribution in [-0.4, -0.2) is 44.6 Å². The van der Waals surface area contributed by atoms with E-state index >= 15 is 0 Å². The Hall–Kier alpha value is -1.69. The number of aromatic amines is 1. The number of aromatic nitrogens is 2. The van der Waals surface area contributed by atoms with Gasteiger partial charge in [0.15, 0.2) is 0 Å². The second kappa shape index (κ2) is 4.77. The Balaban J connectivity index is 2.07. The molecule has 0 aliphatic carbocycles. The van der Waals surface area contributed by atoms with Gasteiger partial charge in [-0.05, 0) is 20.3 Å². The highest BCUT2D eigenvalue weighted by molar-refractivity contribution is 5.80. The van der Waals surface area contributed by atoms with Gasteiger partial charge in [0.1, 0.15) is 0 Å². The molecule has 1 fully saturated rings. The Bertz CT molecular complexity index is 532. The number of nitrogens with zero attached hydrogens (tertiary/aromatic N) is 2. The summed E-state index contributed by atoms with van der Waals surface area (Å²) >= 11 is 0. The van der Waals surface area contributed by atoms with Crippen LogP contribution in [0.5, 0.6) is 0 Å². The largest absolute Gasteiger partial charge is 0.386 e. The first-order chi connectivity index (χ1) is 8.84. The summed E-state index contributed by atoms with van der Waals surface area (Å²) < 4.78 is 0. The molecule has 1 aliphatic rings. The summed E-state index contributed by atoms with van der Waals surface area (Å²) in [5.74, 6) is -0.0434. The molecule has 104 valence electrons. The quantitative estimate of drug-likeness (QED) is 0.800. The van der Waals surface area contributed by atoms with E-state index in [-0.39, 0.29) is 12.3 Å². The molecule has 6 heteroatoms. The molecular formula is C13H19N3O3. The minimum atomic E-state index is -0.719. The van der Waals surface area contributed by atoms with Crippen molar-refractivity contribution >= 4 is 5.91 Å². The Labute approximate surface area is 111 Å². The van der Waals surface area contributed by atoms with Crippen molar-refractivity contribution in [3.8, 4) is 0 Å². The van der Waals surface area contributed by atoms with Crippen LogP contribution in [0.25, 0.3) is 0 Å². The molecule has 0 spiro atoms. The molecule has 1 aromatic heterocycles. The van der Waals surface area contributed by atoms with Crippen LogP contribution in [0.15, 0.2) is 4.79 Å². The Kier molecular flexibility index (Phi) is 3.45. The zero-order valence-electron chi connectivity index (χ0n) is 11.5. The highest BCUT2D eigenvalue weighted by Crippen LogP contribution is 2.25. The topological polar surface area (TPSA) is 86.3 Å². The average molecular weight is 265 g/mol. The molecule has 2 heterocycles. The maximum absolute atomic E-state index is 12.1. The number of β-amino-alcohol motifs (C(OH)–C–C–N with tert-alkyl or cyclic N) is 1. The average Bonchev–Trinajstić information content (AvgIpc) is 2.29. The number of nitrogens with one attached hydrogen (secondary N) is 1. The van der Waals surface area contributed by atoms with Gasteiger partial charge in [-0.15, -0.1) is 0 Å². The third kappa shape index (κ3) is 2.68. The van der Waals surface area contributed by atoms with E-state index in [0.717, 1.165) is 5.56 Å². The van der Waals surface area contributed by atoms with E-state index in [0.29, 0.717) is 30.9 Å². The van der Waals surface area contributed by atoms with Gasteiger partial charge in [0, 0.05) is 17.0 Å². The molecule has 2 rings (SSSR count). The van der Waals surface area contributed by atoms with E-state index in [2.05, 4.69) is 9.97 Å². The molecule has 19 heavy (non-hydrogen) atoms. The minimum absolute atomic E-state index is 0.0434. The van der Waals surface area contributed by atoms with Gasteiger partial charge in [-0.25, -0.2) is 4.79 Å². The van der Waals surface area contributed by atoms with Crippen LogP contribution in [0.2, 0.25) is 0 Å². The first kappa shape index (κ1) is 13.7. The predicted molar refractivity (Wildman–Crippen MR) is 69.9 cm³/mol. The zero-order chi connectivity index (χ0) is 14.2. The number of likely N-dealkylation sites (tertiary alicyclic amines) is 1. The lowest BCUT2D eigenvalue weighted by atomic mass is 9.90. The summed E-state index contributed by atoms with van der Waals surface area (Å²) in [6.07, 6.45) is 0.857.